The molecular formula is C58H61N. The molecule has 4 fully saturated rings. The van der Waals surface area contributed by atoms with Gasteiger partial charge in [0.15, 0.2) is 0 Å². The van der Waals surface area contributed by atoms with E-state index in [1.807, 2.05) is 0 Å². The van der Waals surface area contributed by atoms with Crippen LogP contribution in [-0.2, 0) is 5.41 Å². The Morgan fingerprint density at radius 2 is 1.12 bits per heavy atom. The average molecular weight is 772 g/mol. The normalized spacial score (nSPS) is 22.3. The molecule has 2 bridgehead atoms. The van der Waals surface area contributed by atoms with Crippen molar-refractivity contribution < 1.29 is 0 Å². The molecule has 298 valence electrons. The molecule has 3 atom stereocenters. The highest BCUT2D eigenvalue weighted by atomic mass is 15.1. The molecule has 0 heterocycles. The van der Waals surface area contributed by atoms with Gasteiger partial charge in [-0.05, 0) is 167 Å². The van der Waals surface area contributed by atoms with Crippen molar-refractivity contribution in [2.45, 2.75) is 127 Å². The fourth-order valence-electron chi connectivity index (χ4n) is 12.8. The maximum atomic E-state index is 2.58. The molecule has 0 spiro atoms. The van der Waals surface area contributed by atoms with Crippen LogP contribution in [0.1, 0.15) is 149 Å². The van der Waals surface area contributed by atoms with Crippen LogP contribution < -0.4 is 4.90 Å². The molecule has 0 saturated heterocycles. The van der Waals surface area contributed by atoms with Gasteiger partial charge in [0.1, 0.15) is 0 Å². The molecule has 1 heteroatoms. The Labute approximate surface area is 353 Å². The Bertz CT molecular complexity index is 2460. The van der Waals surface area contributed by atoms with E-state index in [1.54, 1.807) is 5.56 Å². The van der Waals surface area contributed by atoms with Crippen molar-refractivity contribution in [1.29, 1.82) is 0 Å². The summed E-state index contributed by atoms with van der Waals surface area (Å²) in [7, 11) is 0. The summed E-state index contributed by atoms with van der Waals surface area (Å²) in [6.07, 6.45) is 19.1. The minimum Gasteiger partial charge on any atom is -0.310 e. The Balaban J connectivity index is 0.997. The van der Waals surface area contributed by atoms with Gasteiger partial charge in [0.05, 0.1) is 5.69 Å². The highest BCUT2D eigenvalue weighted by molar-refractivity contribution is 5.92. The lowest BCUT2D eigenvalue weighted by Gasteiger charge is -2.31. The molecule has 11 rings (SSSR count). The lowest BCUT2D eigenvalue weighted by atomic mass is 9.80. The quantitative estimate of drug-likeness (QED) is 0.149. The van der Waals surface area contributed by atoms with E-state index < -0.39 is 0 Å². The van der Waals surface area contributed by atoms with Gasteiger partial charge in [-0.1, -0.05) is 156 Å². The van der Waals surface area contributed by atoms with Gasteiger partial charge in [-0.2, -0.15) is 0 Å². The molecule has 0 aromatic heterocycles. The first kappa shape index (κ1) is 37.1. The van der Waals surface area contributed by atoms with E-state index in [-0.39, 0.29) is 5.41 Å². The fraction of sp³-hybridized carbons (Fsp3) is 0.379. The maximum Gasteiger partial charge on any atom is 0.0540 e. The van der Waals surface area contributed by atoms with E-state index in [2.05, 4.69) is 152 Å². The molecule has 1 nitrogen and oxygen atoms in total. The number of rotatable bonds is 8. The Morgan fingerprint density at radius 1 is 0.458 bits per heavy atom. The van der Waals surface area contributed by atoms with Crippen molar-refractivity contribution in [3.05, 3.63) is 161 Å². The van der Waals surface area contributed by atoms with Gasteiger partial charge in [0.25, 0.3) is 0 Å². The van der Waals surface area contributed by atoms with Crippen LogP contribution in [0, 0.1) is 11.8 Å². The van der Waals surface area contributed by atoms with Gasteiger partial charge in [-0.15, -0.1) is 0 Å². The van der Waals surface area contributed by atoms with Gasteiger partial charge in [-0.25, -0.2) is 0 Å². The summed E-state index contributed by atoms with van der Waals surface area (Å²) in [5, 5.41) is 0. The minimum absolute atomic E-state index is 0.117. The summed E-state index contributed by atoms with van der Waals surface area (Å²) in [4.78, 5) is 2.58. The van der Waals surface area contributed by atoms with Gasteiger partial charge in [0.2, 0.25) is 0 Å². The summed E-state index contributed by atoms with van der Waals surface area (Å²) < 4.78 is 0. The van der Waals surface area contributed by atoms with Gasteiger partial charge >= 0.3 is 0 Å². The standard InChI is InChI=1S/C58H61N/c1-58(2)55-34-29-45(42-25-23-41(24-26-42)40-13-5-3-6-14-40)37-54(55)51-33-32-48(38-56(51)58)59(47-30-27-44(28-31-47)53-36-39-21-22-46(53)35-39)57-20-12-11-19-52(57)50-18-10-9-17-49(50)43-15-7-4-8-16-43/h9-12,17-20,23-34,37-40,43,46,53H,3-8,13-16,21-22,35-36H2,1-2H3. The topological polar surface area (TPSA) is 3.24 Å². The molecule has 0 amide bonds. The Morgan fingerprint density at radius 3 is 1.85 bits per heavy atom. The van der Waals surface area contributed by atoms with Crippen LogP contribution in [0.2, 0.25) is 0 Å². The van der Waals surface area contributed by atoms with Gasteiger partial charge in [-0.3, -0.25) is 0 Å². The van der Waals surface area contributed by atoms with Crippen LogP contribution in [0.5, 0.6) is 0 Å². The average Bonchev–Trinajstić information content (AvgIpc) is 4.00. The van der Waals surface area contributed by atoms with Crippen molar-refractivity contribution in [2.24, 2.45) is 11.8 Å². The second-order valence-corrected chi connectivity index (χ2v) is 19.7. The lowest BCUT2D eigenvalue weighted by molar-refractivity contribution is 0.420. The molecular weight excluding hydrogens is 711 g/mol. The number of hydrogen-bond donors (Lipinski definition) is 0. The van der Waals surface area contributed by atoms with E-state index in [0.717, 1.165) is 23.7 Å². The highest BCUT2D eigenvalue weighted by Gasteiger charge is 2.40. The third kappa shape index (κ3) is 6.68. The van der Waals surface area contributed by atoms with Crippen LogP contribution in [0.3, 0.4) is 0 Å². The van der Waals surface area contributed by atoms with Crippen molar-refractivity contribution >= 4 is 17.1 Å². The summed E-state index contributed by atoms with van der Waals surface area (Å²) in [6.45, 7) is 4.87. The molecule has 0 aliphatic heterocycles. The van der Waals surface area contributed by atoms with E-state index in [9.17, 15) is 0 Å². The zero-order valence-corrected chi connectivity index (χ0v) is 35.4. The molecule has 5 aliphatic rings. The first-order valence-corrected chi connectivity index (χ1v) is 23.5. The van der Waals surface area contributed by atoms with Crippen molar-refractivity contribution in [3.63, 3.8) is 0 Å². The predicted molar refractivity (Wildman–Crippen MR) is 249 cm³/mol. The summed E-state index contributed by atoms with van der Waals surface area (Å²) in [5.74, 6) is 3.91. The number of nitrogens with zero attached hydrogens (tertiary/aromatic N) is 1. The molecule has 6 aromatic carbocycles. The summed E-state index contributed by atoms with van der Waals surface area (Å²) in [5.41, 5.74) is 19.2. The molecule has 59 heavy (non-hydrogen) atoms. The van der Waals surface area contributed by atoms with Crippen LogP contribution >= 0.6 is 0 Å². The maximum absolute atomic E-state index is 2.58. The number of fused-ring (bicyclic) bond motifs is 5. The molecule has 4 saturated carbocycles. The molecule has 6 aromatic rings. The Kier molecular flexibility index (Phi) is 9.63. The van der Waals surface area contributed by atoms with Crippen molar-refractivity contribution in [2.75, 3.05) is 4.90 Å². The van der Waals surface area contributed by atoms with E-state index in [0.29, 0.717) is 5.92 Å². The van der Waals surface area contributed by atoms with Gasteiger partial charge in [0, 0.05) is 22.4 Å². The first-order valence-electron chi connectivity index (χ1n) is 23.5. The zero-order chi connectivity index (χ0) is 39.5. The first-order chi connectivity index (χ1) is 29.0. The second kappa shape index (κ2) is 15.3. The SMILES string of the molecule is CC1(C)c2ccc(-c3ccc(C4CCCCC4)cc3)cc2-c2ccc(N(c3ccc(C4CC5CCC4C5)cc3)c3ccccc3-c3ccccc3C3CCCCC3)cc21. The number of hydrogen-bond acceptors (Lipinski definition) is 1. The van der Waals surface area contributed by atoms with E-state index in [1.165, 1.54) is 163 Å². The summed E-state index contributed by atoms with van der Waals surface area (Å²) >= 11 is 0. The third-order valence-corrected chi connectivity index (χ3v) is 16.0. The van der Waals surface area contributed by atoms with E-state index >= 15 is 0 Å². The van der Waals surface area contributed by atoms with E-state index in [4.69, 9.17) is 0 Å². The van der Waals surface area contributed by atoms with Gasteiger partial charge < -0.3 is 4.90 Å². The van der Waals surface area contributed by atoms with Crippen LogP contribution in [0.25, 0.3) is 33.4 Å². The second-order valence-electron chi connectivity index (χ2n) is 19.7. The third-order valence-electron chi connectivity index (χ3n) is 16.0. The molecule has 0 N–H and O–H groups in total. The molecule has 0 radical (unpaired) electrons. The predicted octanol–water partition coefficient (Wildman–Crippen LogP) is 16.8. The number of benzene rings is 6. The van der Waals surface area contributed by atoms with Crippen molar-refractivity contribution in [3.8, 4) is 33.4 Å². The fourth-order valence-corrected chi connectivity index (χ4v) is 12.8. The largest absolute Gasteiger partial charge is 0.310 e. The molecule has 5 aliphatic carbocycles. The van der Waals surface area contributed by atoms with Crippen LogP contribution in [-0.4, -0.2) is 0 Å². The summed E-state index contributed by atoms with van der Waals surface area (Å²) in [6, 6.07) is 52.6. The van der Waals surface area contributed by atoms with Crippen LogP contribution in [0.15, 0.2) is 133 Å². The highest BCUT2D eigenvalue weighted by Crippen LogP contribution is 2.55. The Hall–Kier alpha value is -4.88. The lowest BCUT2D eigenvalue weighted by Crippen LogP contribution is -2.17. The number of anilines is 3. The minimum atomic E-state index is -0.117. The smallest absolute Gasteiger partial charge is 0.0540 e. The zero-order valence-electron chi connectivity index (χ0n) is 35.4. The monoisotopic (exact) mass is 771 g/mol. The van der Waals surface area contributed by atoms with Crippen molar-refractivity contribution in [1.82, 2.24) is 0 Å². The van der Waals surface area contributed by atoms with Crippen LogP contribution in [0.4, 0.5) is 17.1 Å². The number of para-hydroxylation sites is 1. The molecule has 3 unspecified atom stereocenters.